The molecule has 2 heterocycles. The van der Waals surface area contributed by atoms with Gasteiger partial charge in [-0.25, -0.2) is 4.39 Å². The van der Waals surface area contributed by atoms with Gasteiger partial charge in [0.1, 0.15) is 30.8 Å². The number of nitrogens with zero attached hydrogens (tertiary/aromatic N) is 2. The number of carbonyl (C=O) groups excluding carboxylic acids is 2. The van der Waals surface area contributed by atoms with Crippen molar-refractivity contribution in [1.29, 1.82) is 0 Å². The molecule has 0 spiro atoms. The lowest BCUT2D eigenvalue weighted by Gasteiger charge is -2.27. The van der Waals surface area contributed by atoms with Gasteiger partial charge in [-0.2, -0.15) is 5.10 Å². The molecule has 3 N–H and O–H groups in total. The normalized spacial score (nSPS) is 17.7. The molecule has 2 aliphatic rings. The Morgan fingerprint density at radius 2 is 1.84 bits per heavy atom. The first kappa shape index (κ1) is 21.6. The van der Waals surface area contributed by atoms with Crippen molar-refractivity contribution in [1.82, 2.24) is 5.32 Å². The molecular formula is C23H25FN4O4. The van der Waals surface area contributed by atoms with Crippen LogP contribution < -0.4 is 25.5 Å². The molecule has 168 valence electrons. The number of primary amides is 1. The molecule has 0 aliphatic carbocycles. The Balaban J connectivity index is 1.46. The summed E-state index contributed by atoms with van der Waals surface area (Å²) in [5.74, 6) is -0.0121. The van der Waals surface area contributed by atoms with E-state index >= 15 is 0 Å². The average Bonchev–Trinajstić information content (AvgIpc) is 3.24. The Morgan fingerprint density at radius 1 is 1.16 bits per heavy atom. The molecule has 0 saturated heterocycles. The molecule has 2 aromatic rings. The fourth-order valence-corrected chi connectivity index (χ4v) is 3.67. The third-order valence-electron chi connectivity index (χ3n) is 5.61. The van der Waals surface area contributed by atoms with Crippen molar-refractivity contribution < 1.29 is 23.5 Å². The molecule has 0 aromatic heterocycles. The molecule has 4 rings (SSSR count). The van der Waals surface area contributed by atoms with Crippen LogP contribution in [0.3, 0.4) is 0 Å². The number of rotatable bonds is 6. The molecule has 8 nitrogen and oxygen atoms in total. The molecule has 1 atom stereocenters. The molecule has 0 radical (unpaired) electrons. The highest BCUT2D eigenvalue weighted by Crippen LogP contribution is 2.35. The van der Waals surface area contributed by atoms with E-state index in [1.165, 1.54) is 29.3 Å². The smallest absolute Gasteiger partial charge is 0.267 e. The van der Waals surface area contributed by atoms with Crippen LogP contribution in [0.25, 0.3) is 0 Å². The second-order valence-corrected chi connectivity index (χ2v) is 8.41. The van der Waals surface area contributed by atoms with E-state index in [1.807, 2.05) is 32.0 Å². The van der Waals surface area contributed by atoms with Gasteiger partial charge in [-0.15, -0.1) is 0 Å². The van der Waals surface area contributed by atoms with E-state index in [-0.39, 0.29) is 18.0 Å². The SMILES string of the molecule is CC(C)(CNC(=O)C1=NN(c2ccc(F)cc2)C(C(N)=O)C1)c1ccc2c(c1)OCCO2. The van der Waals surface area contributed by atoms with Crippen LogP contribution in [0.15, 0.2) is 47.6 Å². The van der Waals surface area contributed by atoms with E-state index < -0.39 is 23.2 Å². The van der Waals surface area contributed by atoms with Gasteiger partial charge in [0.2, 0.25) is 5.91 Å². The Labute approximate surface area is 185 Å². The van der Waals surface area contributed by atoms with Gasteiger partial charge in [-0.05, 0) is 42.0 Å². The number of nitrogens with one attached hydrogen (secondary N) is 1. The summed E-state index contributed by atoms with van der Waals surface area (Å²) in [6.07, 6.45) is 0.0724. The Bertz CT molecular complexity index is 1070. The van der Waals surface area contributed by atoms with Gasteiger partial charge in [0, 0.05) is 18.4 Å². The Hall–Kier alpha value is -3.62. The summed E-state index contributed by atoms with van der Waals surface area (Å²) in [6, 6.07) is 10.4. The summed E-state index contributed by atoms with van der Waals surface area (Å²) in [4.78, 5) is 24.7. The summed E-state index contributed by atoms with van der Waals surface area (Å²) in [6.45, 7) is 5.37. The third-order valence-corrected chi connectivity index (χ3v) is 5.61. The minimum atomic E-state index is -0.813. The first-order valence-corrected chi connectivity index (χ1v) is 10.3. The summed E-state index contributed by atoms with van der Waals surface area (Å²) < 4.78 is 24.5. The number of fused-ring (bicyclic) bond motifs is 1. The number of hydrazone groups is 1. The molecule has 0 bridgehead atoms. The van der Waals surface area contributed by atoms with Crippen molar-refractivity contribution in [2.45, 2.75) is 31.7 Å². The predicted molar refractivity (Wildman–Crippen MR) is 117 cm³/mol. The lowest BCUT2D eigenvalue weighted by atomic mass is 9.84. The number of amides is 2. The van der Waals surface area contributed by atoms with Gasteiger partial charge >= 0.3 is 0 Å². The second-order valence-electron chi connectivity index (χ2n) is 8.41. The van der Waals surface area contributed by atoms with Crippen molar-refractivity contribution >= 4 is 23.2 Å². The monoisotopic (exact) mass is 440 g/mol. The zero-order valence-corrected chi connectivity index (χ0v) is 17.9. The number of hydrogen-bond acceptors (Lipinski definition) is 6. The number of anilines is 1. The van der Waals surface area contributed by atoms with Crippen LogP contribution in [0.5, 0.6) is 11.5 Å². The summed E-state index contributed by atoms with van der Waals surface area (Å²) >= 11 is 0. The van der Waals surface area contributed by atoms with Crippen LogP contribution in [-0.4, -0.2) is 43.3 Å². The highest BCUT2D eigenvalue weighted by atomic mass is 19.1. The van der Waals surface area contributed by atoms with Gasteiger partial charge in [0.05, 0.1) is 5.69 Å². The zero-order valence-electron chi connectivity index (χ0n) is 17.9. The van der Waals surface area contributed by atoms with Gasteiger partial charge in [-0.1, -0.05) is 19.9 Å². The highest BCUT2D eigenvalue weighted by molar-refractivity contribution is 6.40. The molecule has 0 fully saturated rings. The number of nitrogens with two attached hydrogens (primary N) is 1. The highest BCUT2D eigenvalue weighted by Gasteiger charge is 2.35. The predicted octanol–water partition coefficient (Wildman–Crippen LogP) is 2.11. The fourth-order valence-electron chi connectivity index (χ4n) is 3.67. The van der Waals surface area contributed by atoms with Crippen molar-refractivity contribution in [2.24, 2.45) is 10.8 Å². The zero-order chi connectivity index (χ0) is 22.9. The van der Waals surface area contributed by atoms with E-state index in [0.717, 1.165) is 5.56 Å². The molecule has 2 aliphatic heterocycles. The van der Waals surface area contributed by atoms with Gasteiger partial charge < -0.3 is 20.5 Å². The first-order valence-electron chi connectivity index (χ1n) is 10.3. The van der Waals surface area contributed by atoms with Crippen molar-refractivity contribution in [3.8, 4) is 11.5 Å². The summed E-state index contributed by atoms with van der Waals surface area (Å²) in [5.41, 5.74) is 6.77. The summed E-state index contributed by atoms with van der Waals surface area (Å²) in [7, 11) is 0. The minimum Gasteiger partial charge on any atom is -0.486 e. The van der Waals surface area contributed by atoms with Gasteiger partial charge in [-0.3, -0.25) is 14.6 Å². The third kappa shape index (κ3) is 4.37. The summed E-state index contributed by atoms with van der Waals surface area (Å²) in [5, 5.41) is 8.57. The maximum absolute atomic E-state index is 13.3. The van der Waals surface area contributed by atoms with Crippen LogP contribution >= 0.6 is 0 Å². The van der Waals surface area contributed by atoms with Crippen LogP contribution in [0.2, 0.25) is 0 Å². The fraction of sp³-hybridized carbons (Fsp3) is 0.348. The molecule has 2 aromatic carbocycles. The number of halogens is 1. The van der Waals surface area contributed by atoms with Gasteiger partial charge in [0.15, 0.2) is 11.5 Å². The standard InChI is InChI=1S/C23H25FN4O4/c1-23(2,14-3-8-19-20(11-14)32-10-9-31-19)13-26-22(30)17-12-18(21(25)29)28(27-17)16-6-4-15(24)5-7-16/h3-8,11,18H,9-10,12-13H2,1-2H3,(H2,25,29)(H,26,30). The van der Waals surface area contributed by atoms with Crippen LogP contribution in [-0.2, 0) is 15.0 Å². The Morgan fingerprint density at radius 3 is 2.53 bits per heavy atom. The number of carbonyl (C=O) groups is 2. The minimum absolute atomic E-state index is 0.0724. The van der Waals surface area contributed by atoms with E-state index in [4.69, 9.17) is 15.2 Å². The maximum Gasteiger partial charge on any atom is 0.267 e. The van der Waals surface area contributed by atoms with Crippen molar-refractivity contribution in [3.63, 3.8) is 0 Å². The lowest BCUT2D eigenvalue weighted by Crippen LogP contribution is -2.41. The van der Waals surface area contributed by atoms with E-state index in [9.17, 15) is 14.0 Å². The van der Waals surface area contributed by atoms with Crippen LogP contribution in [0.4, 0.5) is 10.1 Å². The largest absolute Gasteiger partial charge is 0.486 e. The van der Waals surface area contributed by atoms with E-state index in [0.29, 0.717) is 36.9 Å². The van der Waals surface area contributed by atoms with Gasteiger partial charge in [0.25, 0.3) is 5.91 Å². The number of ether oxygens (including phenoxy) is 2. The Kier molecular flexibility index (Phi) is 5.73. The van der Waals surface area contributed by atoms with E-state index in [2.05, 4.69) is 10.4 Å². The number of hydrogen-bond donors (Lipinski definition) is 2. The van der Waals surface area contributed by atoms with Crippen LogP contribution in [0.1, 0.15) is 25.8 Å². The quantitative estimate of drug-likeness (QED) is 0.716. The molecule has 0 saturated carbocycles. The number of benzene rings is 2. The molecule has 2 amide bonds. The molecule has 9 heteroatoms. The van der Waals surface area contributed by atoms with Crippen LogP contribution in [0, 0.1) is 5.82 Å². The topological polar surface area (TPSA) is 106 Å². The average molecular weight is 440 g/mol. The lowest BCUT2D eigenvalue weighted by molar-refractivity contribution is -0.119. The van der Waals surface area contributed by atoms with Crippen molar-refractivity contribution in [2.75, 3.05) is 24.8 Å². The first-order chi connectivity index (χ1) is 15.2. The molecular weight excluding hydrogens is 415 g/mol. The maximum atomic E-state index is 13.3. The second kappa shape index (κ2) is 8.49. The van der Waals surface area contributed by atoms with Crippen molar-refractivity contribution in [3.05, 3.63) is 53.8 Å². The molecule has 32 heavy (non-hydrogen) atoms. The molecule has 1 unspecified atom stereocenters. The van der Waals surface area contributed by atoms with E-state index in [1.54, 1.807) is 0 Å².